The van der Waals surface area contributed by atoms with Crippen LogP contribution in [0.1, 0.15) is 24.1 Å². The highest BCUT2D eigenvalue weighted by atomic mass is 16.1. The molecule has 0 atom stereocenters. The van der Waals surface area contributed by atoms with Gasteiger partial charge in [-0.2, -0.15) is 5.10 Å². The number of nitrogens with one attached hydrogen (secondary N) is 1. The number of aryl methyl sites for hydroxylation is 2. The van der Waals surface area contributed by atoms with Crippen molar-refractivity contribution in [2.24, 2.45) is 0 Å². The van der Waals surface area contributed by atoms with Crippen molar-refractivity contribution in [3.8, 4) is 11.4 Å². The molecule has 0 unspecified atom stereocenters. The highest BCUT2D eigenvalue weighted by Crippen LogP contribution is 2.38. The molecule has 152 valence electrons. The maximum Gasteiger partial charge on any atom is 0.258 e. The zero-order valence-corrected chi connectivity index (χ0v) is 17.1. The van der Waals surface area contributed by atoms with E-state index in [1.165, 1.54) is 12.8 Å². The molecule has 0 aromatic carbocycles. The van der Waals surface area contributed by atoms with E-state index in [-0.39, 0.29) is 11.1 Å². The second kappa shape index (κ2) is 6.12. The molecule has 8 nitrogen and oxygen atoms in total. The van der Waals surface area contributed by atoms with Crippen molar-refractivity contribution in [3.05, 3.63) is 58.3 Å². The summed E-state index contributed by atoms with van der Waals surface area (Å²) in [7, 11) is 0. The quantitative estimate of drug-likeness (QED) is 0.553. The fraction of sp³-hybridized carbons (Fsp3) is 0.364. The van der Waals surface area contributed by atoms with Gasteiger partial charge in [0.15, 0.2) is 5.65 Å². The molecule has 1 spiro atoms. The molecule has 1 saturated carbocycles. The Bertz CT molecular complexity index is 1370. The summed E-state index contributed by atoms with van der Waals surface area (Å²) in [4.78, 5) is 24.6. The third-order valence-corrected chi connectivity index (χ3v) is 6.23. The van der Waals surface area contributed by atoms with E-state index in [1.54, 1.807) is 15.0 Å². The number of aromatic nitrogens is 5. The summed E-state index contributed by atoms with van der Waals surface area (Å²) in [6, 6.07) is 7.46. The summed E-state index contributed by atoms with van der Waals surface area (Å²) >= 11 is 0. The van der Waals surface area contributed by atoms with E-state index in [4.69, 9.17) is 4.98 Å². The molecule has 6 rings (SSSR count). The lowest BCUT2D eigenvalue weighted by molar-refractivity contribution is 0.442. The average molecular weight is 401 g/mol. The number of imidazole rings is 1. The first-order valence-corrected chi connectivity index (χ1v) is 10.4. The fourth-order valence-corrected chi connectivity index (χ4v) is 4.45. The average Bonchev–Trinajstić information content (AvgIpc) is 3.35. The molecule has 4 aromatic rings. The molecule has 1 aliphatic carbocycles. The highest BCUT2D eigenvalue weighted by Gasteiger charge is 2.45. The first-order chi connectivity index (χ1) is 14.5. The zero-order valence-electron chi connectivity index (χ0n) is 17.1. The molecular weight excluding hydrogens is 378 g/mol. The van der Waals surface area contributed by atoms with E-state index in [2.05, 4.69) is 26.4 Å². The Morgan fingerprint density at radius 3 is 2.77 bits per heavy atom. The van der Waals surface area contributed by atoms with E-state index < -0.39 is 0 Å². The largest absolute Gasteiger partial charge is 0.367 e. The summed E-state index contributed by atoms with van der Waals surface area (Å²) in [6.07, 6.45) is 6.26. The van der Waals surface area contributed by atoms with Gasteiger partial charge in [-0.05, 0) is 50.5 Å². The first-order valence-electron chi connectivity index (χ1n) is 10.4. The van der Waals surface area contributed by atoms with Crippen molar-refractivity contribution in [1.29, 1.82) is 0 Å². The van der Waals surface area contributed by atoms with Crippen LogP contribution < -0.4 is 15.8 Å². The third-order valence-electron chi connectivity index (χ3n) is 6.23. The van der Waals surface area contributed by atoms with Gasteiger partial charge in [0, 0.05) is 37.4 Å². The Labute approximate surface area is 173 Å². The standard InChI is InChI=1S/C22H23N7O/c1-14-9-16(27-8-7-23-22(13-27)5-6-22)12-28-20(30)10-18(25-21(14)28)17-3-4-19-24-15(2)11-29(19)26-17/h3-4,9-12,23H,5-8,13H2,1-2H3. The normalized spacial score (nSPS) is 17.9. The maximum absolute atomic E-state index is 13.0. The zero-order chi connectivity index (χ0) is 20.5. The van der Waals surface area contributed by atoms with Crippen LogP contribution >= 0.6 is 0 Å². The van der Waals surface area contributed by atoms with Gasteiger partial charge in [-0.3, -0.25) is 9.20 Å². The molecule has 2 fully saturated rings. The van der Waals surface area contributed by atoms with Gasteiger partial charge in [0.05, 0.1) is 23.3 Å². The van der Waals surface area contributed by atoms with Gasteiger partial charge in [0.1, 0.15) is 11.3 Å². The monoisotopic (exact) mass is 401 g/mol. The van der Waals surface area contributed by atoms with Crippen molar-refractivity contribution in [2.45, 2.75) is 32.2 Å². The molecule has 0 radical (unpaired) electrons. The van der Waals surface area contributed by atoms with Crippen LogP contribution in [-0.4, -0.2) is 49.2 Å². The lowest BCUT2D eigenvalue weighted by atomic mass is 10.1. The van der Waals surface area contributed by atoms with Crippen molar-refractivity contribution in [2.75, 3.05) is 24.5 Å². The minimum atomic E-state index is -0.0973. The lowest BCUT2D eigenvalue weighted by Crippen LogP contribution is -2.52. The summed E-state index contributed by atoms with van der Waals surface area (Å²) in [5.74, 6) is 0. The molecule has 8 heteroatoms. The Morgan fingerprint density at radius 2 is 1.93 bits per heavy atom. The van der Waals surface area contributed by atoms with Gasteiger partial charge in [-0.15, -0.1) is 0 Å². The van der Waals surface area contributed by atoms with E-state index in [1.807, 2.05) is 38.4 Å². The van der Waals surface area contributed by atoms with Crippen molar-refractivity contribution < 1.29 is 0 Å². The fourth-order valence-electron chi connectivity index (χ4n) is 4.45. The molecule has 4 aromatic heterocycles. The SMILES string of the molecule is Cc1cn2nc(-c3cc(=O)n4cc(N5CCNC6(CC6)C5)cc(C)c4n3)ccc2n1. The van der Waals surface area contributed by atoms with Crippen LogP contribution in [0, 0.1) is 13.8 Å². The highest BCUT2D eigenvalue weighted by molar-refractivity contribution is 5.63. The number of anilines is 1. The molecule has 1 saturated heterocycles. The number of rotatable bonds is 2. The van der Waals surface area contributed by atoms with Crippen molar-refractivity contribution in [1.82, 2.24) is 29.3 Å². The van der Waals surface area contributed by atoms with E-state index in [0.29, 0.717) is 17.0 Å². The number of piperazine rings is 1. The summed E-state index contributed by atoms with van der Waals surface area (Å²) < 4.78 is 3.39. The predicted octanol–water partition coefficient (Wildman–Crippen LogP) is 1.96. The third kappa shape index (κ3) is 2.79. The summed E-state index contributed by atoms with van der Waals surface area (Å²) in [5, 5.41) is 8.22. The van der Waals surface area contributed by atoms with Gasteiger partial charge >= 0.3 is 0 Å². The first kappa shape index (κ1) is 17.6. The Kier molecular flexibility index (Phi) is 3.59. The van der Waals surface area contributed by atoms with Crippen LogP contribution in [0.2, 0.25) is 0 Å². The van der Waals surface area contributed by atoms with Crippen LogP contribution in [0.4, 0.5) is 5.69 Å². The molecule has 5 heterocycles. The lowest BCUT2D eigenvalue weighted by Gasteiger charge is -2.35. The summed E-state index contributed by atoms with van der Waals surface area (Å²) in [5.41, 5.74) is 5.82. The van der Waals surface area contributed by atoms with E-state index in [0.717, 1.165) is 42.2 Å². The number of nitrogens with zero attached hydrogens (tertiary/aromatic N) is 6. The predicted molar refractivity (Wildman–Crippen MR) is 115 cm³/mol. The van der Waals surface area contributed by atoms with E-state index >= 15 is 0 Å². The molecule has 2 aliphatic rings. The maximum atomic E-state index is 13.0. The van der Waals surface area contributed by atoms with Crippen LogP contribution in [0.5, 0.6) is 0 Å². The van der Waals surface area contributed by atoms with Crippen LogP contribution in [-0.2, 0) is 0 Å². The number of pyridine rings is 1. The van der Waals surface area contributed by atoms with Gasteiger partial charge in [0.2, 0.25) is 0 Å². The smallest absolute Gasteiger partial charge is 0.258 e. The van der Waals surface area contributed by atoms with Crippen molar-refractivity contribution in [3.63, 3.8) is 0 Å². The minimum absolute atomic E-state index is 0.0973. The molecule has 0 bridgehead atoms. The molecule has 0 amide bonds. The van der Waals surface area contributed by atoms with Gasteiger partial charge in [0.25, 0.3) is 5.56 Å². The number of hydrogen-bond donors (Lipinski definition) is 1. The molecule has 1 N–H and O–H groups in total. The Hall–Kier alpha value is -3.26. The second-order valence-corrected chi connectivity index (χ2v) is 8.59. The number of hydrogen-bond acceptors (Lipinski definition) is 6. The Morgan fingerprint density at radius 1 is 1.07 bits per heavy atom. The number of fused-ring (bicyclic) bond motifs is 2. The topological polar surface area (TPSA) is 79.8 Å². The minimum Gasteiger partial charge on any atom is -0.367 e. The van der Waals surface area contributed by atoms with Crippen molar-refractivity contribution >= 4 is 17.0 Å². The van der Waals surface area contributed by atoms with E-state index in [9.17, 15) is 4.79 Å². The molecular formula is C22H23N7O. The van der Waals surface area contributed by atoms with Crippen LogP contribution in [0.3, 0.4) is 0 Å². The van der Waals surface area contributed by atoms with Gasteiger partial charge in [-0.25, -0.2) is 14.5 Å². The van der Waals surface area contributed by atoms with Crippen LogP contribution in [0.25, 0.3) is 22.7 Å². The van der Waals surface area contributed by atoms with Gasteiger partial charge in [-0.1, -0.05) is 0 Å². The second-order valence-electron chi connectivity index (χ2n) is 8.59. The van der Waals surface area contributed by atoms with Crippen LogP contribution in [0.15, 0.2) is 41.5 Å². The Balaban J connectivity index is 1.44. The summed E-state index contributed by atoms with van der Waals surface area (Å²) in [6.45, 7) is 6.86. The van der Waals surface area contributed by atoms with Gasteiger partial charge < -0.3 is 10.2 Å². The molecule has 30 heavy (non-hydrogen) atoms. The molecule has 1 aliphatic heterocycles.